The van der Waals surface area contributed by atoms with Crippen LogP contribution in [0.15, 0.2) is 30.3 Å². The number of nitrogens with one attached hydrogen (secondary N) is 6. The molecule has 2 aromatic carbocycles. The second kappa shape index (κ2) is 32.4. The average molecular weight is 1740 g/mol. The first kappa shape index (κ1) is 86.6. The number of methoxy groups -OCH3 is 1. The van der Waals surface area contributed by atoms with E-state index >= 15 is 28.0 Å². The van der Waals surface area contributed by atoms with E-state index in [4.69, 9.17) is 50.2 Å². The standard InChI is InChI=1S/C82H105ClF6N12O17S2/c1-40-26-42-14-10-9-11-16-53-69(92-55-31-45(83)18-22-52(55)90-53)115-46-32-58(68(103)97-81(37-51(81)66(86)87)74(107)98-119(110,111)48-19-20-48)101(38-46)72(105)65(95-76(109)117-60(42)27-40)78(5,6)35-43-28-54-56(34-59(43)114-8)93-70-63(91-54)82(88,89)23-13-12-15-50-49-21-17-41(49)29-61(50)118-75(108)94-64(77(2,3)4)71(104)100-39-47(116-70)33-57(100)67(102)96-80(36-44(80)30-62(84)85)73(106)99-120(112,113)79(7)24-25-79/h18,22,28,31,34,40-42,44,46-51,57-58,60-62,64-66H,9-17,19-21,23-27,29-30,32-33,35-39H2,1-8H3,(H,94,108)(H,95,109)(H,96,102)(H,97,103)(H,98,107)(H,99,106)/t40-,41+,42-,44-,46-,47-,49+,50-,51+,57+,58+,60-,61-,64-,65-,80-,81-/m1/s1. The molecule has 38 heteroatoms. The van der Waals surface area contributed by atoms with Crippen molar-refractivity contribution >= 4 is 101 Å². The first-order valence-corrected chi connectivity index (χ1v) is 45.3. The molecule has 0 unspecified atom stereocenters. The molecular formula is C82H105ClF6N12O17S2. The third-order valence-electron chi connectivity index (χ3n) is 27.2. The van der Waals surface area contributed by atoms with Crippen molar-refractivity contribution in [2.75, 3.05) is 20.2 Å². The molecule has 15 rings (SSSR count). The fourth-order valence-electron chi connectivity index (χ4n) is 19.6. The van der Waals surface area contributed by atoms with Gasteiger partial charge in [-0.15, -0.1) is 0 Å². The summed E-state index contributed by atoms with van der Waals surface area (Å²) in [7, 11) is -7.46. The summed E-state index contributed by atoms with van der Waals surface area (Å²) in [5.41, 5.74) is -7.21. The molecule has 6 heterocycles. The lowest BCUT2D eigenvalue weighted by atomic mass is 9.71. The number of fused-ring (bicyclic) bond motifs is 12. The molecule has 17 atom stereocenters. The second-order valence-electron chi connectivity index (χ2n) is 37.6. The largest absolute Gasteiger partial charge is 0.496 e. The Morgan fingerprint density at radius 1 is 0.650 bits per heavy atom. The summed E-state index contributed by atoms with van der Waals surface area (Å²) in [5, 5.41) is 9.99. The summed E-state index contributed by atoms with van der Waals surface area (Å²) in [6.45, 7) is 10.5. The fraction of sp³-hybridized carbons (Fsp3) is 0.707. The molecule has 8 amide bonds. The maximum Gasteiger partial charge on any atom is 0.408 e. The number of carbonyl (C=O) groups is 8. The molecule has 29 nitrogen and oxygen atoms in total. The highest BCUT2D eigenvalue weighted by molar-refractivity contribution is 7.91. The molecule has 120 heavy (non-hydrogen) atoms. The maximum atomic E-state index is 18.0. The van der Waals surface area contributed by atoms with Crippen LogP contribution in [0.2, 0.25) is 5.02 Å². The lowest BCUT2D eigenvalue weighted by molar-refractivity contribution is -0.143. The zero-order valence-electron chi connectivity index (χ0n) is 68.2. The Hall–Kier alpha value is -8.35. The number of carbonyl (C=O) groups excluding carboxylic acids is 8. The van der Waals surface area contributed by atoms with Crippen molar-refractivity contribution in [1.82, 2.24) is 60.4 Å². The highest BCUT2D eigenvalue weighted by Crippen LogP contribution is 2.55. The van der Waals surface area contributed by atoms with Crippen LogP contribution in [0, 0.1) is 52.3 Å². The van der Waals surface area contributed by atoms with Gasteiger partial charge in [0.25, 0.3) is 17.7 Å². The Morgan fingerprint density at radius 2 is 1.27 bits per heavy atom. The summed E-state index contributed by atoms with van der Waals surface area (Å²) >= 11 is 6.48. The zero-order valence-corrected chi connectivity index (χ0v) is 70.6. The third kappa shape index (κ3) is 17.5. The van der Waals surface area contributed by atoms with Gasteiger partial charge in [0.15, 0.2) is 5.69 Å². The first-order valence-electron chi connectivity index (χ1n) is 41.9. The number of alkyl carbamates (subject to hydrolysis) is 2. The van der Waals surface area contributed by atoms with Crippen LogP contribution in [0.3, 0.4) is 0 Å². The van der Waals surface area contributed by atoms with Crippen molar-refractivity contribution in [2.24, 2.45) is 52.3 Å². The number of hydrogen-bond donors (Lipinski definition) is 6. The number of rotatable bonds is 17. The number of ether oxygens (including phenoxy) is 5. The van der Waals surface area contributed by atoms with Crippen LogP contribution >= 0.6 is 11.6 Å². The predicted molar refractivity (Wildman–Crippen MR) is 421 cm³/mol. The molecule has 7 saturated carbocycles. The Labute approximate surface area is 696 Å². The van der Waals surface area contributed by atoms with E-state index in [-0.39, 0.29) is 109 Å². The van der Waals surface area contributed by atoms with E-state index in [1.165, 1.54) is 26.2 Å². The van der Waals surface area contributed by atoms with Gasteiger partial charge in [-0.2, -0.15) is 8.78 Å². The van der Waals surface area contributed by atoms with Crippen LogP contribution in [0.1, 0.15) is 207 Å². The van der Waals surface area contributed by atoms with E-state index in [9.17, 15) is 53.6 Å². The molecule has 11 aliphatic rings. The summed E-state index contributed by atoms with van der Waals surface area (Å²) in [6, 6.07) is 1.10. The average Bonchev–Trinajstić information content (AvgIpc) is 1.55. The topological polar surface area (TPSA) is 381 Å². The SMILES string of the molecule is COc1cc2nc3c(nc2cc1CC(C)(C)[C@@H]1NC(=O)O[C@@H]2C[C@H](C)C[C@H]2CCCCCc2nc4ccc(Cl)cc4nc2O[C@@H]2C[C@@H](C(=O)N[C@]4(C(=O)NS(=O)(=O)C5CC5)C[C@H]4C(F)F)N(C2)C1=O)C(F)(F)CCCC[C@@H]1[C@H]2CC[C@H]2C[C@H]1OC(=O)N[C@@H](C(C)(C)C)C(=O)N1C[C@@H](C[C@H]1C(=O)N[C@]1(C(=O)NS(=O)(=O)C2(C)CC2)C[C@H]1CC(F)F)O3. The van der Waals surface area contributed by atoms with Crippen molar-refractivity contribution in [3.8, 4) is 17.5 Å². The van der Waals surface area contributed by atoms with Gasteiger partial charge in [-0.25, -0.2) is 63.9 Å². The minimum absolute atomic E-state index is 0.0234. The van der Waals surface area contributed by atoms with E-state index in [1.54, 1.807) is 52.8 Å². The maximum absolute atomic E-state index is 18.0. The van der Waals surface area contributed by atoms with Crippen LogP contribution in [0.5, 0.6) is 17.5 Å². The van der Waals surface area contributed by atoms with Crippen molar-refractivity contribution < 1.29 is 105 Å². The van der Waals surface area contributed by atoms with Gasteiger partial charge in [0, 0.05) is 36.8 Å². The van der Waals surface area contributed by atoms with Gasteiger partial charge in [-0.1, -0.05) is 72.4 Å². The van der Waals surface area contributed by atoms with Gasteiger partial charge in [0.1, 0.15) is 71.1 Å². The summed E-state index contributed by atoms with van der Waals surface area (Å²) in [6.07, 6.45) is -8.30. The van der Waals surface area contributed by atoms with Gasteiger partial charge in [-0.3, -0.25) is 38.2 Å². The Kier molecular flexibility index (Phi) is 23.4. The molecule has 6 N–H and O–H groups in total. The molecule has 4 aromatic rings. The number of aromatic nitrogens is 4. The fourth-order valence-corrected chi connectivity index (χ4v) is 22.4. The molecule has 2 saturated heterocycles. The number of sulfonamides is 2. The molecular weight excluding hydrogens is 1640 g/mol. The van der Waals surface area contributed by atoms with Crippen LogP contribution in [0.25, 0.3) is 22.1 Å². The summed E-state index contributed by atoms with van der Waals surface area (Å²) < 4.78 is 182. The lowest BCUT2D eigenvalue weighted by Crippen LogP contribution is -2.61. The third-order valence-corrected chi connectivity index (χ3v) is 31.4. The van der Waals surface area contributed by atoms with Gasteiger partial charge < -0.3 is 54.8 Å². The normalized spacial score (nSPS) is 32.2. The minimum atomic E-state index is -4.40. The molecule has 9 fully saturated rings. The highest BCUT2D eigenvalue weighted by atomic mass is 35.5. The number of aryl methyl sites for hydroxylation is 1. The second-order valence-corrected chi connectivity index (χ2v) is 42.2. The quantitative estimate of drug-likeness (QED) is 0.0535. The van der Waals surface area contributed by atoms with E-state index in [0.29, 0.717) is 66.7 Å². The molecule has 2 aromatic heterocycles. The Bertz CT molecular complexity index is 4990. The molecule has 0 radical (unpaired) electrons. The zero-order chi connectivity index (χ0) is 86.0. The van der Waals surface area contributed by atoms with Gasteiger partial charge in [-0.05, 0) is 192 Å². The molecule has 4 aliphatic heterocycles. The Balaban J connectivity index is 0.792. The first-order chi connectivity index (χ1) is 56.5. The molecule has 0 spiro atoms. The number of nitrogens with zero attached hydrogens (tertiary/aromatic N) is 6. The van der Waals surface area contributed by atoms with Crippen LogP contribution in [0.4, 0.5) is 35.9 Å². The number of benzene rings is 2. The highest BCUT2D eigenvalue weighted by Gasteiger charge is 2.68. The number of halogens is 7. The lowest BCUT2D eigenvalue weighted by Gasteiger charge is -2.38. The number of amides is 8. The predicted octanol–water partition coefficient (Wildman–Crippen LogP) is 10.3. The van der Waals surface area contributed by atoms with E-state index in [2.05, 4.69) is 26.3 Å². The van der Waals surface area contributed by atoms with Gasteiger partial charge >= 0.3 is 12.2 Å². The van der Waals surface area contributed by atoms with Crippen molar-refractivity contribution in [1.29, 1.82) is 0 Å². The number of alkyl halides is 6. The van der Waals surface area contributed by atoms with Crippen molar-refractivity contribution in [3.63, 3.8) is 0 Å². The van der Waals surface area contributed by atoms with E-state index in [1.807, 2.05) is 16.4 Å². The van der Waals surface area contributed by atoms with E-state index in [0.717, 1.165) is 35.5 Å². The summed E-state index contributed by atoms with van der Waals surface area (Å²) in [4.78, 5) is 141. The minimum Gasteiger partial charge on any atom is -0.496 e. The van der Waals surface area contributed by atoms with Crippen molar-refractivity contribution in [3.05, 3.63) is 52.3 Å². The van der Waals surface area contributed by atoms with E-state index < -0.39 is 236 Å². The van der Waals surface area contributed by atoms with Crippen molar-refractivity contribution in [2.45, 2.75) is 291 Å². The smallest absolute Gasteiger partial charge is 0.408 e. The monoisotopic (exact) mass is 1740 g/mol. The molecule has 4 bridgehead atoms. The Morgan fingerprint density at radius 3 is 1.89 bits per heavy atom. The van der Waals surface area contributed by atoms with Crippen LogP contribution in [-0.4, -0.2) is 197 Å². The van der Waals surface area contributed by atoms with Gasteiger partial charge in [0.05, 0.1) is 58.2 Å². The summed E-state index contributed by atoms with van der Waals surface area (Å²) in [5.74, 6) is -14.4. The number of hydrogen-bond acceptors (Lipinski definition) is 21. The molecule has 656 valence electrons. The van der Waals surface area contributed by atoms with Crippen LogP contribution in [-0.2, 0) is 77.1 Å². The van der Waals surface area contributed by atoms with Crippen LogP contribution < -0.4 is 44.9 Å². The van der Waals surface area contributed by atoms with Gasteiger partial charge in [0.2, 0.25) is 68.3 Å². The molecule has 7 aliphatic carbocycles.